The second kappa shape index (κ2) is 7.08. The molecule has 0 aromatic heterocycles. The Morgan fingerprint density at radius 3 is 2.08 bits per heavy atom. The highest BCUT2D eigenvalue weighted by atomic mass is 32.2. The third-order valence-corrected chi connectivity index (χ3v) is 5.55. The monoisotopic (exact) mass is 391 g/mol. The summed E-state index contributed by atoms with van der Waals surface area (Å²) >= 11 is 0.895. The molecule has 11 heteroatoms. The largest absolute Gasteiger partial charge is 0.481 e. The van der Waals surface area contributed by atoms with Gasteiger partial charge in [-0.05, 0) is 25.4 Å². The van der Waals surface area contributed by atoms with Crippen LogP contribution in [0, 0.1) is 16.7 Å². The molecule has 0 amide bonds. The van der Waals surface area contributed by atoms with Crippen LogP contribution in [0.25, 0.3) is 0 Å². The van der Waals surface area contributed by atoms with E-state index in [1.807, 2.05) is 0 Å². The van der Waals surface area contributed by atoms with E-state index in [0.717, 1.165) is 25.6 Å². The average Bonchev–Trinajstić information content (AvgIpc) is 2.46. The summed E-state index contributed by atoms with van der Waals surface area (Å²) < 4.78 is 67.3. The molecule has 1 aliphatic rings. The Bertz CT molecular complexity index is 582. The molecule has 0 aromatic carbocycles. The zero-order chi connectivity index (χ0) is 19.8. The van der Waals surface area contributed by atoms with Crippen molar-refractivity contribution in [2.24, 2.45) is 21.7 Å². The second-order valence-electron chi connectivity index (χ2n) is 5.97. The molecule has 2 N–H and O–H groups in total. The molecule has 4 atom stereocenters. The molecule has 0 bridgehead atoms. The van der Waals surface area contributed by atoms with E-state index in [-0.39, 0.29) is 5.75 Å². The van der Waals surface area contributed by atoms with Crippen molar-refractivity contribution in [1.29, 1.82) is 0 Å². The number of halogens is 5. The maximum absolute atomic E-state index is 13.5. The molecule has 0 aromatic rings. The van der Waals surface area contributed by atoms with Gasteiger partial charge in [-0.1, -0.05) is 6.92 Å². The van der Waals surface area contributed by atoms with Crippen LogP contribution in [0.1, 0.15) is 20.3 Å². The van der Waals surface area contributed by atoms with E-state index in [0.29, 0.717) is 0 Å². The predicted octanol–water partition coefficient (Wildman–Crippen LogP) is 3.19. The van der Waals surface area contributed by atoms with Gasteiger partial charge in [0.2, 0.25) is 0 Å². The van der Waals surface area contributed by atoms with Gasteiger partial charge < -0.3 is 10.2 Å². The van der Waals surface area contributed by atoms with Crippen LogP contribution in [0.5, 0.6) is 0 Å². The molecule has 0 radical (unpaired) electrons. The lowest BCUT2D eigenvalue weighted by Gasteiger charge is -2.51. The lowest BCUT2D eigenvalue weighted by molar-refractivity contribution is -0.206. The highest BCUT2D eigenvalue weighted by molar-refractivity contribution is 7.98. The summed E-state index contributed by atoms with van der Waals surface area (Å²) in [6.45, 7) is 1.98. The Morgan fingerprint density at radius 2 is 1.80 bits per heavy atom. The van der Waals surface area contributed by atoms with Crippen molar-refractivity contribution in [2.45, 2.75) is 38.9 Å². The molecule has 5 nitrogen and oxygen atoms in total. The Balaban J connectivity index is 3.95. The number of carbonyl (C=O) groups is 2. The van der Waals surface area contributed by atoms with Crippen molar-refractivity contribution < 1.29 is 41.8 Å². The zero-order valence-corrected chi connectivity index (χ0v) is 14.4. The first-order valence-corrected chi connectivity index (χ1v) is 8.59. The zero-order valence-electron chi connectivity index (χ0n) is 13.6. The first-order valence-electron chi connectivity index (χ1n) is 7.20. The van der Waals surface area contributed by atoms with E-state index < -0.39 is 59.5 Å². The van der Waals surface area contributed by atoms with Crippen molar-refractivity contribution in [1.82, 2.24) is 0 Å². The first kappa shape index (κ1) is 21.7. The number of rotatable bonds is 6. The smallest absolute Gasteiger partial charge is 0.411 e. The lowest BCUT2D eigenvalue weighted by Crippen LogP contribution is -2.65. The summed E-state index contributed by atoms with van der Waals surface area (Å²) in [7, 11) is 0. The Labute approximate surface area is 144 Å². The number of alkyl halides is 5. The number of hydrogen-bond acceptors (Lipinski definition) is 4. The minimum Gasteiger partial charge on any atom is -0.481 e. The molecular weight excluding hydrogens is 373 g/mol. The van der Waals surface area contributed by atoms with Gasteiger partial charge in [-0.2, -0.15) is 24.9 Å². The van der Waals surface area contributed by atoms with Crippen molar-refractivity contribution in [3.8, 4) is 0 Å². The number of aliphatic imine (C=N–C) groups is 1. The number of nitrogens with zero attached hydrogens (tertiary/aromatic N) is 1. The van der Waals surface area contributed by atoms with Crippen LogP contribution < -0.4 is 0 Å². The molecule has 0 fully saturated rings. The maximum atomic E-state index is 13.5. The molecule has 1 rings (SSSR count). The molecule has 0 saturated carbocycles. The van der Waals surface area contributed by atoms with Crippen LogP contribution in [0.4, 0.5) is 22.0 Å². The van der Waals surface area contributed by atoms with Crippen molar-refractivity contribution in [3.05, 3.63) is 0 Å². The molecule has 0 spiro atoms. The Kier molecular flexibility index (Phi) is 6.13. The van der Waals surface area contributed by atoms with Gasteiger partial charge in [0.05, 0.1) is 5.71 Å². The van der Waals surface area contributed by atoms with E-state index in [1.54, 1.807) is 0 Å². The Morgan fingerprint density at radius 1 is 1.28 bits per heavy atom. The van der Waals surface area contributed by atoms with Crippen molar-refractivity contribution >= 4 is 29.4 Å². The van der Waals surface area contributed by atoms with Crippen LogP contribution in [0.15, 0.2) is 4.99 Å². The summed E-state index contributed by atoms with van der Waals surface area (Å²) in [5.41, 5.74) is -6.63. The summed E-state index contributed by atoms with van der Waals surface area (Å²) in [5.74, 6) is -5.82. The lowest BCUT2D eigenvalue weighted by atomic mass is 9.55. The van der Waals surface area contributed by atoms with Gasteiger partial charge >= 0.3 is 18.1 Å². The quantitative estimate of drug-likeness (QED) is 0.679. The van der Waals surface area contributed by atoms with E-state index in [1.165, 1.54) is 6.26 Å². The summed E-state index contributed by atoms with van der Waals surface area (Å²) in [6, 6.07) is -2.95. The Hall–Kier alpha value is -1.39. The molecule has 0 aliphatic carbocycles. The van der Waals surface area contributed by atoms with Crippen LogP contribution in [0.3, 0.4) is 0 Å². The summed E-state index contributed by atoms with van der Waals surface area (Å²) in [4.78, 5) is 26.6. The molecule has 0 saturated heterocycles. The van der Waals surface area contributed by atoms with E-state index in [9.17, 15) is 41.8 Å². The summed E-state index contributed by atoms with van der Waals surface area (Å²) in [5, 5.41) is 19.1. The van der Waals surface area contributed by atoms with Gasteiger partial charge in [-0.15, -0.1) is 0 Å². The molecule has 144 valence electrons. The van der Waals surface area contributed by atoms with E-state index >= 15 is 0 Å². The van der Waals surface area contributed by atoms with E-state index in [4.69, 9.17) is 0 Å². The fraction of sp³-hybridized carbons (Fsp3) is 0.786. The first-order chi connectivity index (χ1) is 11.3. The third kappa shape index (κ3) is 3.22. The van der Waals surface area contributed by atoms with Crippen LogP contribution >= 0.6 is 11.8 Å². The van der Waals surface area contributed by atoms with Crippen molar-refractivity contribution in [2.75, 3.05) is 12.0 Å². The summed E-state index contributed by atoms with van der Waals surface area (Å²) in [6.07, 6.45) is -7.95. The number of carboxylic acids is 2. The number of aliphatic carboxylic acids is 2. The van der Waals surface area contributed by atoms with Gasteiger partial charge in [0, 0.05) is 5.92 Å². The van der Waals surface area contributed by atoms with Gasteiger partial charge in [0.1, 0.15) is 10.8 Å². The fourth-order valence-electron chi connectivity index (χ4n) is 3.52. The standard InChI is InChI=1S/C14H18F5NO4S/c1-4-13(11(23)24)6(5-25-3)12(2,10(21)22)7(8(15)16)20-9(13)14(17,18)19/h6,8-9H,4-5H2,1-3H3,(H,21,22)(H,23,24). The topological polar surface area (TPSA) is 87.0 Å². The minimum absolute atomic E-state index is 0.360. The number of carboxylic acid groups (broad SMARTS) is 2. The van der Waals surface area contributed by atoms with Crippen LogP contribution in [0.2, 0.25) is 0 Å². The third-order valence-electron chi connectivity index (χ3n) is 4.88. The number of thioether (sulfide) groups is 1. The average molecular weight is 391 g/mol. The molecule has 25 heavy (non-hydrogen) atoms. The molecular formula is C14H18F5NO4S. The van der Waals surface area contributed by atoms with Gasteiger partial charge in [-0.25, -0.2) is 8.78 Å². The van der Waals surface area contributed by atoms with Crippen LogP contribution in [-0.2, 0) is 9.59 Å². The molecule has 1 heterocycles. The van der Waals surface area contributed by atoms with Gasteiger partial charge in [0.25, 0.3) is 6.43 Å². The van der Waals surface area contributed by atoms with Gasteiger partial charge in [0.15, 0.2) is 6.04 Å². The second-order valence-corrected chi connectivity index (χ2v) is 6.88. The maximum Gasteiger partial charge on any atom is 0.411 e. The highest BCUT2D eigenvalue weighted by Crippen LogP contribution is 2.56. The molecule has 1 aliphatic heterocycles. The predicted molar refractivity (Wildman–Crippen MR) is 81.3 cm³/mol. The van der Waals surface area contributed by atoms with Crippen LogP contribution in [-0.4, -0.2) is 58.5 Å². The fourth-order valence-corrected chi connectivity index (χ4v) is 4.48. The number of hydrogen-bond donors (Lipinski definition) is 2. The van der Waals surface area contributed by atoms with Crippen molar-refractivity contribution in [3.63, 3.8) is 0 Å². The van der Waals surface area contributed by atoms with Gasteiger partial charge in [-0.3, -0.25) is 14.6 Å². The highest BCUT2D eigenvalue weighted by Gasteiger charge is 2.70. The van der Waals surface area contributed by atoms with E-state index in [2.05, 4.69) is 4.99 Å². The SMILES string of the molecule is CCC1(C(=O)O)C(C(F)(F)F)N=C(C(F)F)C(C)(C(=O)O)C1CSC. The normalized spacial score (nSPS) is 33.2. The molecule has 4 unspecified atom stereocenters. The minimum atomic E-state index is -5.22.